The molecule has 0 spiro atoms. The van der Waals surface area contributed by atoms with Crippen LogP contribution in [0.1, 0.15) is 22.8 Å². The second-order valence-corrected chi connectivity index (χ2v) is 5.54. The number of benzene rings is 1. The molecule has 0 unspecified atom stereocenters. The molecule has 1 aromatic heterocycles. The number of anilines is 1. The fraction of sp³-hybridized carbons (Fsp3) is 0.125. The number of nitriles is 1. The molecular weight excluding hydrogens is 362 g/mol. The first-order chi connectivity index (χ1) is 11.0. The van der Waals surface area contributed by atoms with E-state index in [2.05, 4.69) is 26.2 Å². The first-order valence-electron chi connectivity index (χ1n) is 6.62. The maximum atomic E-state index is 12.0. The van der Waals surface area contributed by atoms with Crippen LogP contribution in [0, 0.1) is 11.3 Å². The van der Waals surface area contributed by atoms with Gasteiger partial charge >= 0.3 is 5.97 Å². The Morgan fingerprint density at radius 1 is 1.35 bits per heavy atom. The number of esters is 1. The molecule has 1 atom stereocenters. The lowest BCUT2D eigenvalue weighted by molar-refractivity contribution is -0.123. The first kappa shape index (κ1) is 16.6. The largest absolute Gasteiger partial charge is 0.449 e. The Morgan fingerprint density at radius 2 is 2.13 bits per heavy atom. The Balaban J connectivity index is 1.99. The minimum absolute atomic E-state index is 0.241. The van der Waals surface area contributed by atoms with Crippen LogP contribution in [0.2, 0.25) is 0 Å². The highest BCUT2D eigenvalue weighted by atomic mass is 79.9. The van der Waals surface area contributed by atoms with Crippen molar-refractivity contribution in [2.75, 3.05) is 5.32 Å². The van der Waals surface area contributed by atoms with E-state index in [0.717, 1.165) is 0 Å². The standard InChI is InChI=1S/C16H12BrN3O3/c1-10(23-16(22)12-6-13(17)9-19-8-12)15(21)20-14-4-2-3-11(5-14)7-18/h2-6,8-10H,1H3,(H,20,21)/t10-/m0/s1. The number of rotatable bonds is 4. The van der Waals surface area contributed by atoms with Gasteiger partial charge in [-0.05, 0) is 47.1 Å². The molecule has 0 bridgehead atoms. The van der Waals surface area contributed by atoms with E-state index in [-0.39, 0.29) is 5.56 Å². The SMILES string of the molecule is C[C@H](OC(=O)c1cncc(Br)c1)C(=O)Nc1cccc(C#N)c1. The molecule has 0 radical (unpaired) electrons. The number of nitrogens with zero attached hydrogens (tertiary/aromatic N) is 2. The summed E-state index contributed by atoms with van der Waals surface area (Å²) in [6.45, 7) is 1.47. The predicted molar refractivity (Wildman–Crippen MR) is 86.6 cm³/mol. The van der Waals surface area contributed by atoms with Crippen molar-refractivity contribution in [1.29, 1.82) is 5.26 Å². The number of halogens is 1. The quantitative estimate of drug-likeness (QED) is 0.831. The Hall–Kier alpha value is -2.72. The van der Waals surface area contributed by atoms with Gasteiger partial charge in [-0.25, -0.2) is 4.79 Å². The lowest BCUT2D eigenvalue weighted by atomic mass is 10.2. The van der Waals surface area contributed by atoms with Crippen molar-refractivity contribution in [2.45, 2.75) is 13.0 Å². The zero-order chi connectivity index (χ0) is 16.8. The van der Waals surface area contributed by atoms with Crippen LogP contribution < -0.4 is 5.32 Å². The van der Waals surface area contributed by atoms with Crippen LogP contribution in [0.4, 0.5) is 5.69 Å². The number of pyridine rings is 1. The molecule has 2 rings (SSSR count). The summed E-state index contributed by atoms with van der Waals surface area (Å²) in [5, 5.41) is 11.4. The first-order valence-corrected chi connectivity index (χ1v) is 7.41. The molecule has 0 aliphatic rings. The molecule has 7 heteroatoms. The lowest BCUT2D eigenvalue weighted by Crippen LogP contribution is -2.30. The number of nitrogens with one attached hydrogen (secondary N) is 1. The van der Waals surface area contributed by atoms with Gasteiger partial charge in [-0.3, -0.25) is 9.78 Å². The summed E-state index contributed by atoms with van der Waals surface area (Å²) in [6.07, 6.45) is 1.90. The smallest absolute Gasteiger partial charge is 0.340 e. The van der Waals surface area contributed by atoms with Crippen molar-refractivity contribution < 1.29 is 14.3 Å². The molecule has 1 N–H and O–H groups in total. The van der Waals surface area contributed by atoms with Crippen molar-refractivity contribution in [3.8, 4) is 6.07 Å². The maximum absolute atomic E-state index is 12.0. The Kier molecular flexibility index (Phi) is 5.44. The Labute approximate surface area is 141 Å². The fourth-order valence-corrected chi connectivity index (χ4v) is 2.08. The molecular formula is C16H12BrN3O3. The zero-order valence-corrected chi connectivity index (χ0v) is 13.7. The molecule has 6 nitrogen and oxygen atoms in total. The second-order valence-electron chi connectivity index (χ2n) is 4.62. The van der Waals surface area contributed by atoms with E-state index >= 15 is 0 Å². The number of amides is 1. The number of carbonyl (C=O) groups excluding carboxylic acids is 2. The summed E-state index contributed by atoms with van der Waals surface area (Å²) < 4.78 is 5.74. The third-order valence-electron chi connectivity index (χ3n) is 2.85. The average molecular weight is 374 g/mol. The monoisotopic (exact) mass is 373 g/mol. The van der Waals surface area contributed by atoms with E-state index in [0.29, 0.717) is 15.7 Å². The van der Waals surface area contributed by atoms with Gasteiger partial charge < -0.3 is 10.1 Å². The van der Waals surface area contributed by atoms with Crippen molar-refractivity contribution in [3.63, 3.8) is 0 Å². The number of aromatic nitrogens is 1. The van der Waals surface area contributed by atoms with Crippen LogP contribution >= 0.6 is 15.9 Å². The fourth-order valence-electron chi connectivity index (χ4n) is 1.72. The second kappa shape index (κ2) is 7.51. The molecule has 0 saturated heterocycles. The van der Waals surface area contributed by atoms with Gasteiger partial charge in [0, 0.05) is 22.6 Å². The summed E-state index contributed by atoms with van der Waals surface area (Å²) in [4.78, 5) is 27.9. The van der Waals surface area contributed by atoms with Crippen LogP contribution in [0.25, 0.3) is 0 Å². The molecule has 0 aliphatic heterocycles. The zero-order valence-electron chi connectivity index (χ0n) is 12.1. The van der Waals surface area contributed by atoms with E-state index in [1.54, 1.807) is 24.3 Å². The summed E-state index contributed by atoms with van der Waals surface area (Å²) in [6, 6.07) is 9.98. The van der Waals surface area contributed by atoms with Gasteiger partial charge in [-0.15, -0.1) is 0 Å². The topological polar surface area (TPSA) is 92.1 Å². The highest BCUT2D eigenvalue weighted by molar-refractivity contribution is 9.10. The van der Waals surface area contributed by atoms with E-state index < -0.39 is 18.0 Å². The highest BCUT2D eigenvalue weighted by Crippen LogP contribution is 2.13. The summed E-state index contributed by atoms with van der Waals surface area (Å²) in [5.74, 6) is -1.14. The Bertz CT molecular complexity index is 786. The highest BCUT2D eigenvalue weighted by Gasteiger charge is 2.19. The third-order valence-corrected chi connectivity index (χ3v) is 3.29. The van der Waals surface area contributed by atoms with Crippen LogP contribution in [-0.4, -0.2) is 23.0 Å². The molecule has 1 aromatic carbocycles. The van der Waals surface area contributed by atoms with Gasteiger partial charge in [-0.1, -0.05) is 6.07 Å². The number of ether oxygens (including phenoxy) is 1. The minimum Gasteiger partial charge on any atom is -0.449 e. The minimum atomic E-state index is -0.993. The van der Waals surface area contributed by atoms with E-state index in [1.165, 1.54) is 25.4 Å². The molecule has 0 aliphatic carbocycles. The molecule has 0 saturated carbocycles. The molecule has 2 aromatic rings. The summed E-state index contributed by atoms with van der Waals surface area (Å²) in [5.41, 5.74) is 1.12. The van der Waals surface area contributed by atoms with Gasteiger partial charge in [0.05, 0.1) is 17.2 Å². The molecule has 0 fully saturated rings. The van der Waals surface area contributed by atoms with E-state index in [9.17, 15) is 9.59 Å². The average Bonchev–Trinajstić information content (AvgIpc) is 2.54. The van der Waals surface area contributed by atoms with Crippen molar-refractivity contribution in [3.05, 3.63) is 58.3 Å². The lowest BCUT2D eigenvalue weighted by Gasteiger charge is -2.13. The summed E-state index contributed by atoms with van der Waals surface area (Å²) in [7, 11) is 0. The molecule has 1 heterocycles. The Morgan fingerprint density at radius 3 is 2.83 bits per heavy atom. The van der Waals surface area contributed by atoms with Crippen LogP contribution in [-0.2, 0) is 9.53 Å². The van der Waals surface area contributed by atoms with Gasteiger partial charge in [0.15, 0.2) is 6.10 Å². The van der Waals surface area contributed by atoms with Crippen molar-refractivity contribution >= 4 is 33.5 Å². The molecule has 1 amide bonds. The van der Waals surface area contributed by atoms with Crippen LogP contribution in [0.3, 0.4) is 0 Å². The number of hydrogen-bond acceptors (Lipinski definition) is 5. The molecule has 23 heavy (non-hydrogen) atoms. The van der Waals surface area contributed by atoms with Gasteiger partial charge in [0.2, 0.25) is 0 Å². The van der Waals surface area contributed by atoms with Crippen molar-refractivity contribution in [2.24, 2.45) is 0 Å². The predicted octanol–water partition coefficient (Wildman–Crippen LogP) is 2.90. The maximum Gasteiger partial charge on any atom is 0.340 e. The normalized spacial score (nSPS) is 11.2. The third kappa shape index (κ3) is 4.63. The molecule has 116 valence electrons. The van der Waals surface area contributed by atoms with Crippen LogP contribution in [0.15, 0.2) is 47.2 Å². The van der Waals surface area contributed by atoms with E-state index in [4.69, 9.17) is 10.00 Å². The summed E-state index contributed by atoms with van der Waals surface area (Å²) >= 11 is 3.21. The number of carbonyl (C=O) groups is 2. The van der Waals surface area contributed by atoms with Gasteiger partial charge in [-0.2, -0.15) is 5.26 Å². The van der Waals surface area contributed by atoms with Gasteiger partial charge in [0.1, 0.15) is 0 Å². The number of hydrogen-bond donors (Lipinski definition) is 1. The van der Waals surface area contributed by atoms with Crippen LogP contribution in [0.5, 0.6) is 0 Å². The van der Waals surface area contributed by atoms with E-state index in [1.807, 2.05) is 6.07 Å². The van der Waals surface area contributed by atoms with Gasteiger partial charge in [0.25, 0.3) is 5.91 Å². The van der Waals surface area contributed by atoms with Crippen molar-refractivity contribution in [1.82, 2.24) is 4.98 Å².